The molecule has 1 N–H and O–H groups in total. The minimum absolute atomic E-state index is 0.164. The highest BCUT2D eigenvalue weighted by Gasteiger charge is 2.34. The molecule has 0 aliphatic carbocycles. The molecule has 4 rings (SSSR count). The molecule has 176 valence electrons. The van der Waals surface area contributed by atoms with Gasteiger partial charge in [0.05, 0.1) is 5.92 Å². The van der Waals surface area contributed by atoms with Crippen molar-refractivity contribution in [2.75, 3.05) is 33.7 Å². The highest BCUT2D eigenvalue weighted by atomic mass is 79.9. The molecule has 2 unspecified atom stereocenters. The van der Waals surface area contributed by atoms with Gasteiger partial charge in [-0.25, -0.2) is 4.99 Å². The standard InChI is InChI=1S/C25H32BrN5O2/c1-14-7-15(2)28-25(33)22(14)10-27-24(32)21-9-19-8-18(26)11-31(19)23(16(21)3)17(4)30-12-20(13-30)29(5)6/h7-9,11,17,20,22H,10,12-13H2,1-6H3,(H,27,32). The van der Waals surface area contributed by atoms with Gasteiger partial charge in [0.2, 0.25) is 0 Å². The smallest absolute Gasteiger partial charge is 0.254 e. The molecular formula is C25H32BrN5O2. The van der Waals surface area contributed by atoms with Crippen molar-refractivity contribution in [3.63, 3.8) is 0 Å². The number of aromatic nitrogens is 1. The van der Waals surface area contributed by atoms with Crippen LogP contribution in [0.1, 0.15) is 48.4 Å². The lowest BCUT2D eigenvalue weighted by Gasteiger charge is -2.46. The second kappa shape index (κ2) is 9.16. The number of rotatable bonds is 6. The Morgan fingerprint density at radius 2 is 1.97 bits per heavy atom. The van der Waals surface area contributed by atoms with Crippen LogP contribution in [0.15, 0.2) is 39.4 Å². The number of halogens is 1. The maximum absolute atomic E-state index is 13.3. The van der Waals surface area contributed by atoms with Gasteiger partial charge in [-0.15, -0.1) is 0 Å². The number of nitrogens with one attached hydrogen (secondary N) is 1. The van der Waals surface area contributed by atoms with Gasteiger partial charge in [-0.1, -0.05) is 5.57 Å². The minimum atomic E-state index is -0.411. The van der Waals surface area contributed by atoms with Gasteiger partial charge in [-0.2, -0.15) is 0 Å². The lowest BCUT2D eigenvalue weighted by Crippen LogP contribution is -2.57. The third kappa shape index (κ3) is 4.56. The summed E-state index contributed by atoms with van der Waals surface area (Å²) in [6, 6.07) is 4.68. The Bertz CT molecular complexity index is 1170. The molecule has 0 bridgehead atoms. The van der Waals surface area contributed by atoms with E-state index < -0.39 is 5.92 Å². The fraction of sp³-hybridized carbons (Fsp3) is 0.480. The zero-order valence-electron chi connectivity index (χ0n) is 20.1. The molecule has 2 aliphatic rings. The third-order valence-electron chi connectivity index (χ3n) is 7.00. The van der Waals surface area contributed by atoms with Crippen molar-refractivity contribution in [3.05, 3.63) is 51.3 Å². The van der Waals surface area contributed by atoms with Crippen LogP contribution in [0.3, 0.4) is 0 Å². The molecule has 7 nitrogen and oxygen atoms in total. The molecule has 8 heteroatoms. The number of fused-ring (bicyclic) bond motifs is 1. The van der Waals surface area contributed by atoms with E-state index in [4.69, 9.17) is 0 Å². The fourth-order valence-corrected chi connectivity index (χ4v) is 5.28. The second-order valence-corrected chi connectivity index (χ2v) is 10.4. The number of carbonyl (C=O) groups is 2. The summed E-state index contributed by atoms with van der Waals surface area (Å²) in [5.41, 5.74) is 5.32. The van der Waals surface area contributed by atoms with Crippen LogP contribution < -0.4 is 5.32 Å². The molecule has 0 spiro atoms. The summed E-state index contributed by atoms with van der Waals surface area (Å²) in [6.07, 6.45) is 3.97. The number of hydrogen-bond acceptors (Lipinski definition) is 4. The van der Waals surface area contributed by atoms with Crippen LogP contribution in [0.2, 0.25) is 0 Å². The highest BCUT2D eigenvalue weighted by molar-refractivity contribution is 9.10. The summed E-state index contributed by atoms with van der Waals surface area (Å²) >= 11 is 3.59. The molecule has 2 aromatic heterocycles. The van der Waals surface area contributed by atoms with E-state index in [1.807, 2.05) is 39.0 Å². The summed E-state index contributed by atoms with van der Waals surface area (Å²) in [6.45, 7) is 10.2. The van der Waals surface area contributed by atoms with Crippen LogP contribution in [0, 0.1) is 12.8 Å². The van der Waals surface area contributed by atoms with E-state index in [2.05, 4.69) is 67.7 Å². The maximum atomic E-state index is 13.3. The summed E-state index contributed by atoms with van der Waals surface area (Å²) in [5, 5.41) is 2.99. The molecule has 1 fully saturated rings. The number of pyridine rings is 1. The number of carbonyl (C=O) groups excluding carboxylic acids is 2. The number of amides is 2. The summed E-state index contributed by atoms with van der Waals surface area (Å²) in [5.74, 6) is -0.771. The van der Waals surface area contributed by atoms with E-state index in [9.17, 15) is 9.59 Å². The van der Waals surface area contributed by atoms with Gasteiger partial charge in [0.1, 0.15) is 0 Å². The molecule has 2 aromatic rings. The van der Waals surface area contributed by atoms with Crippen LogP contribution >= 0.6 is 15.9 Å². The summed E-state index contributed by atoms with van der Waals surface area (Å²) in [7, 11) is 4.23. The number of likely N-dealkylation sites (N-methyl/N-ethyl adjacent to an activating group) is 1. The largest absolute Gasteiger partial charge is 0.351 e. The number of nitrogens with zero attached hydrogens (tertiary/aromatic N) is 4. The van der Waals surface area contributed by atoms with E-state index in [1.165, 1.54) is 0 Å². The lowest BCUT2D eigenvalue weighted by molar-refractivity contribution is -0.120. The van der Waals surface area contributed by atoms with Crippen molar-refractivity contribution >= 4 is 39.0 Å². The Morgan fingerprint density at radius 3 is 2.61 bits per heavy atom. The number of hydrogen-bond donors (Lipinski definition) is 1. The Kier molecular flexibility index (Phi) is 6.62. The SMILES string of the molecule is CC1=CC(C)=NC(=O)C1CNC(=O)c1cc2cc(Br)cn2c(C(C)N2CC(N(C)C)C2)c1C. The third-order valence-corrected chi connectivity index (χ3v) is 7.44. The predicted octanol–water partition coefficient (Wildman–Crippen LogP) is 3.61. The van der Waals surface area contributed by atoms with Gasteiger partial charge >= 0.3 is 0 Å². The normalized spacial score (nSPS) is 20.6. The van der Waals surface area contributed by atoms with Crippen molar-refractivity contribution in [3.8, 4) is 0 Å². The number of allylic oxidation sites excluding steroid dienone is 1. The summed E-state index contributed by atoms with van der Waals surface area (Å²) < 4.78 is 3.16. The molecule has 2 atom stereocenters. The van der Waals surface area contributed by atoms with Gasteiger partial charge in [0.15, 0.2) is 0 Å². The minimum Gasteiger partial charge on any atom is -0.351 e. The molecule has 1 saturated heterocycles. The second-order valence-electron chi connectivity index (χ2n) is 9.51. The number of likely N-dealkylation sites (tertiary alicyclic amines) is 1. The van der Waals surface area contributed by atoms with Crippen molar-refractivity contribution in [2.24, 2.45) is 10.9 Å². The molecule has 2 amide bonds. The van der Waals surface area contributed by atoms with Crippen LogP contribution in [0.5, 0.6) is 0 Å². The molecule has 33 heavy (non-hydrogen) atoms. The monoisotopic (exact) mass is 513 g/mol. The first kappa shape index (κ1) is 23.9. The average molecular weight is 514 g/mol. The highest BCUT2D eigenvalue weighted by Crippen LogP contribution is 2.33. The van der Waals surface area contributed by atoms with E-state index in [0.29, 0.717) is 17.3 Å². The zero-order chi connectivity index (χ0) is 24.0. The topological polar surface area (TPSA) is 69.4 Å². The molecule has 4 heterocycles. The first-order valence-electron chi connectivity index (χ1n) is 11.3. The van der Waals surface area contributed by atoms with Gasteiger partial charge in [0, 0.05) is 64.9 Å². The summed E-state index contributed by atoms with van der Waals surface area (Å²) in [4.78, 5) is 34.4. The fourth-order valence-electron chi connectivity index (χ4n) is 4.84. The first-order valence-corrected chi connectivity index (χ1v) is 12.1. The Balaban J connectivity index is 1.60. The van der Waals surface area contributed by atoms with Crippen molar-refractivity contribution in [2.45, 2.75) is 39.8 Å². The van der Waals surface area contributed by atoms with Gasteiger partial charge in [-0.05, 0) is 81.5 Å². The van der Waals surface area contributed by atoms with E-state index in [-0.39, 0.29) is 24.4 Å². The average Bonchev–Trinajstić information content (AvgIpc) is 3.04. The van der Waals surface area contributed by atoms with Gasteiger partial charge in [0.25, 0.3) is 11.8 Å². The van der Waals surface area contributed by atoms with Crippen LogP contribution in [-0.4, -0.2) is 71.5 Å². The predicted molar refractivity (Wildman–Crippen MR) is 135 cm³/mol. The molecule has 2 aliphatic heterocycles. The Labute approximate surface area is 203 Å². The first-order chi connectivity index (χ1) is 15.6. The zero-order valence-corrected chi connectivity index (χ0v) is 21.7. The molecule has 0 aromatic carbocycles. The van der Waals surface area contributed by atoms with E-state index >= 15 is 0 Å². The van der Waals surface area contributed by atoms with E-state index in [0.717, 1.165) is 39.9 Å². The molecule has 0 radical (unpaired) electrons. The van der Waals surface area contributed by atoms with Gasteiger partial charge in [-0.3, -0.25) is 14.5 Å². The number of aliphatic imine (C=N–C) groups is 1. The maximum Gasteiger partial charge on any atom is 0.254 e. The molecule has 0 saturated carbocycles. The Morgan fingerprint density at radius 1 is 1.27 bits per heavy atom. The lowest BCUT2D eigenvalue weighted by atomic mass is 9.95. The molecular weight excluding hydrogens is 482 g/mol. The van der Waals surface area contributed by atoms with Crippen LogP contribution in [0.25, 0.3) is 5.52 Å². The van der Waals surface area contributed by atoms with Crippen LogP contribution in [0.4, 0.5) is 0 Å². The van der Waals surface area contributed by atoms with E-state index in [1.54, 1.807) is 0 Å². The number of dihydropyridines is 1. The van der Waals surface area contributed by atoms with Gasteiger partial charge < -0.3 is 14.6 Å². The Hall–Kier alpha value is -2.29. The van der Waals surface area contributed by atoms with Crippen molar-refractivity contribution in [1.29, 1.82) is 0 Å². The van der Waals surface area contributed by atoms with Crippen molar-refractivity contribution < 1.29 is 9.59 Å². The van der Waals surface area contributed by atoms with Crippen molar-refractivity contribution in [1.82, 2.24) is 19.5 Å². The van der Waals surface area contributed by atoms with Crippen LogP contribution in [-0.2, 0) is 4.79 Å². The quantitative estimate of drug-likeness (QED) is 0.640.